The zero-order valence-electron chi connectivity index (χ0n) is 28.2. The Hall–Kier alpha value is -4.15. The van der Waals surface area contributed by atoms with Crippen LogP contribution in [-0.2, 0) is 14.8 Å². The van der Waals surface area contributed by atoms with Gasteiger partial charge in [-0.15, -0.1) is 0 Å². The summed E-state index contributed by atoms with van der Waals surface area (Å²) in [4.78, 5) is 28.6. The topological polar surface area (TPSA) is 152 Å². The van der Waals surface area contributed by atoms with Gasteiger partial charge in [-0.2, -0.15) is 4.31 Å². The lowest BCUT2D eigenvalue weighted by Crippen LogP contribution is -2.46. The van der Waals surface area contributed by atoms with Crippen LogP contribution in [0.15, 0.2) is 83.8 Å². The fraction of sp³-hybridized carbons (Fsp3) is 0.412. The molecule has 3 aromatic carbocycles. The summed E-state index contributed by atoms with van der Waals surface area (Å²) in [7, 11) is 1.91. The van der Waals surface area contributed by atoms with E-state index in [1.807, 2.05) is 81.8 Å². The molecular weight excluding hydrogens is 665 g/mol. The second kappa shape index (κ2) is 18.0. The van der Waals surface area contributed by atoms with Gasteiger partial charge in [0.05, 0.1) is 15.9 Å². The van der Waals surface area contributed by atoms with Crippen molar-refractivity contribution in [2.45, 2.75) is 42.7 Å². The van der Waals surface area contributed by atoms with E-state index in [1.54, 1.807) is 0 Å². The molecule has 1 fully saturated rings. The number of benzene rings is 3. The molecule has 1 saturated heterocycles. The highest BCUT2D eigenvalue weighted by Crippen LogP contribution is 2.32. The number of sulfonamides is 1. The first-order valence-electron chi connectivity index (χ1n) is 16.3. The van der Waals surface area contributed by atoms with Crippen molar-refractivity contribution in [1.82, 2.24) is 30.2 Å². The van der Waals surface area contributed by atoms with E-state index in [2.05, 4.69) is 31.3 Å². The Kier molecular flexibility index (Phi) is 13.8. The van der Waals surface area contributed by atoms with Gasteiger partial charge in [0.2, 0.25) is 15.9 Å². The SMILES string of the molecule is CN(C)CCCN(C)CCCNC(=O)C1CCCN1S(=O)(=O)c1ccc(NNC(=S)NC(c2ccccc2)c2ccccc2)c([N+](=O)[O-])c1. The molecule has 15 heteroatoms. The normalized spacial score (nSPS) is 15.0. The number of hydrogen-bond donors (Lipinski definition) is 4. The first-order valence-corrected chi connectivity index (χ1v) is 18.2. The van der Waals surface area contributed by atoms with Gasteiger partial charge < -0.3 is 20.4 Å². The van der Waals surface area contributed by atoms with E-state index >= 15 is 0 Å². The van der Waals surface area contributed by atoms with Crippen LogP contribution < -0.4 is 21.5 Å². The van der Waals surface area contributed by atoms with E-state index in [4.69, 9.17) is 12.2 Å². The van der Waals surface area contributed by atoms with Gasteiger partial charge in [0.25, 0.3) is 5.69 Å². The standard InChI is InChI=1S/C34H46N8O5S2/c1-39(2)21-12-23-40(3)22-11-20-35-33(43)30-17-10-24-41(30)49(46,47)28-18-19-29(31(25-28)42(44)45)37-38-34(48)36-32(26-13-6-4-7-14-26)27-15-8-5-9-16-27/h4-9,13-16,18-19,25,30,32,37H,10-12,17,20-24H2,1-3H3,(H,35,43)(H2,36,38,48). The lowest BCUT2D eigenvalue weighted by atomic mass is 9.99. The molecule has 3 aromatic rings. The Morgan fingerprint density at radius 2 is 1.61 bits per heavy atom. The van der Waals surface area contributed by atoms with Crippen LogP contribution in [0.3, 0.4) is 0 Å². The summed E-state index contributed by atoms with van der Waals surface area (Å²) in [5.41, 5.74) is 7.03. The Morgan fingerprint density at radius 3 is 2.22 bits per heavy atom. The number of hydrazine groups is 1. The zero-order chi connectivity index (χ0) is 35.4. The van der Waals surface area contributed by atoms with Gasteiger partial charge in [-0.25, -0.2) is 8.42 Å². The minimum absolute atomic E-state index is 0.0199. The van der Waals surface area contributed by atoms with E-state index in [9.17, 15) is 23.3 Å². The number of thiocarbonyl (C=S) groups is 1. The molecule has 1 unspecified atom stereocenters. The van der Waals surface area contributed by atoms with Gasteiger partial charge in [0, 0.05) is 19.2 Å². The number of nitrogens with zero attached hydrogens (tertiary/aromatic N) is 4. The predicted octanol–water partition coefficient (Wildman–Crippen LogP) is 3.72. The molecule has 1 heterocycles. The average molecular weight is 711 g/mol. The van der Waals surface area contributed by atoms with Crippen LogP contribution in [0.25, 0.3) is 0 Å². The van der Waals surface area contributed by atoms with Crippen LogP contribution >= 0.6 is 12.2 Å². The average Bonchev–Trinajstić information content (AvgIpc) is 3.60. The molecule has 0 aliphatic carbocycles. The number of carbonyl (C=O) groups excluding carboxylic acids is 1. The number of anilines is 1. The van der Waals surface area contributed by atoms with Crippen LogP contribution in [-0.4, -0.2) is 98.4 Å². The molecule has 0 bridgehead atoms. The minimum atomic E-state index is -4.21. The lowest BCUT2D eigenvalue weighted by molar-refractivity contribution is -0.384. The van der Waals surface area contributed by atoms with E-state index in [0.717, 1.165) is 54.0 Å². The van der Waals surface area contributed by atoms with Gasteiger partial charge in [-0.3, -0.25) is 25.8 Å². The van der Waals surface area contributed by atoms with Crippen LogP contribution in [0.2, 0.25) is 0 Å². The fourth-order valence-electron chi connectivity index (χ4n) is 5.74. The third-order valence-electron chi connectivity index (χ3n) is 8.29. The Bertz CT molecular complexity index is 1620. The number of nitrogens with one attached hydrogen (secondary N) is 4. The molecule has 0 radical (unpaired) electrons. The van der Waals surface area contributed by atoms with E-state index < -0.39 is 26.7 Å². The number of hydrogen-bond acceptors (Lipinski definition) is 9. The largest absolute Gasteiger partial charge is 0.355 e. The Balaban J connectivity index is 1.38. The van der Waals surface area contributed by atoms with Gasteiger partial charge in [0.15, 0.2) is 5.11 Å². The molecule has 1 amide bonds. The second-order valence-electron chi connectivity index (χ2n) is 12.3. The van der Waals surface area contributed by atoms with Crippen molar-refractivity contribution in [2.24, 2.45) is 0 Å². The molecule has 0 aromatic heterocycles. The van der Waals surface area contributed by atoms with Crippen molar-refractivity contribution in [3.05, 3.63) is 100 Å². The van der Waals surface area contributed by atoms with Crippen molar-refractivity contribution in [2.75, 3.05) is 59.3 Å². The van der Waals surface area contributed by atoms with E-state index in [1.165, 1.54) is 12.1 Å². The van der Waals surface area contributed by atoms with Gasteiger partial charge in [-0.1, -0.05) is 60.7 Å². The maximum Gasteiger partial charge on any atom is 0.295 e. The summed E-state index contributed by atoms with van der Waals surface area (Å²) in [6.45, 7) is 3.33. The molecule has 0 spiro atoms. The molecule has 264 valence electrons. The van der Waals surface area contributed by atoms with Gasteiger partial charge in [0.1, 0.15) is 11.7 Å². The molecule has 13 nitrogen and oxygen atoms in total. The van der Waals surface area contributed by atoms with Gasteiger partial charge in [-0.05, 0) is 102 Å². The third-order valence-corrected chi connectivity index (χ3v) is 10.4. The molecule has 0 saturated carbocycles. The summed E-state index contributed by atoms with van der Waals surface area (Å²) in [6, 6.07) is 21.8. The highest BCUT2D eigenvalue weighted by molar-refractivity contribution is 7.89. The molecular formula is C34H46N8O5S2. The first-order chi connectivity index (χ1) is 23.5. The van der Waals surface area contributed by atoms with Crippen LogP contribution in [0, 0.1) is 10.1 Å². The number of rotatable bonds is 17. The van der Waals surface area contributed by atoms with Crippen LogP contribution in [0.1, 0.15) is 42.9 Å². The summed E-state index contributed by atoms with van der Waals surface area (Å²) in [5.74, 6) is -0.362. The monoisotopic (exact) mass is 710 g/mol. The highest BCUT2D eigenvalue weighted by atomic mass is 32.2. The van der Waals surface area contributed by atoms with E-state index in [-0.39, 0.29) is 34.2 Å². The van der Waals surface area contributed by atoms with Crippen molar-refractivity contribution in [3.8, 4) is 0 Å². The second-order valence-corrected chi connectivity index (χ2v) is 14.6. The summed E-state index contributed by atoms with van der Waals surface area (Å²) in [5, 5.41) is 18.4. The van der Waals surface area contributed by atoms with Gasteiger partial charge >= 0.3 is 0 Å². The summed E-state index contributed by atoms with van der Waals surface area (Å²) in [6.07, 6.45) is 2.66. The number of amides is 1. The van der Waals surface area contributed by atoms with Crippen molar-refractivity contribution in [3.63, 3.8) is 0 Å². The minimum Gasteiger partial charge on any atom is -0.355 e. The molecule has 4 N–H and O–H groups in total. The Labute approximate surface area is 294 Å². The maximum absolute atomic E-state index is 13.7. The summed E-state index contributed by atoms with van der Waals surface area (Å²) >= 11 is 5.51. The summed E-state index contributed by atoms with van der Waals surface area (Å²) < 4.78 is 28.6. The quantitative estimate of drug-likeness (QED) is 0.0702. The maximum atomic E-state index is 13.7. The molecule has 1 aliphatic rings. The fourth-order valence-corrected chi connectivity index (χ4v) is 7.59. The highest BCUT2D eigenvalue weighted by Gasteiger charge is 2.40. The Morgan fingerprint density at radius 1 is 0.980 bits per heavy atom. The van der Waals surface area contributed by atoms with Crippen molar-refractivity contribution >= 4 is 44.6 Å². The lowest BCUT2D eigenvalue weighted by Gasteiger charge is -2.24. The number of nitro groups is 1. The molecule has 1 atom stereocenters. The number of nitro benzene ring substituents is 1. The third kappa shape index (κ3) is 10.7. The van der Waals surface area contributed by atoms with E-state index in [0.29, 0.717) is 19.4 Å². The number of carbonyl (C=O) groups is 1. The molecule has 4 rings (SSSR count). The van der Waals surface area contributed by atoms with Crippen LogP contribution in [0.4, 0.5) is 11.4 Å². The zero-order valence-corrected chi connectivity index (χ0v) is 29.8. The predicted molar refractivity (Wildman–Crippen MR) is 196 cm³/mol. The molecule has 1 aliphatic heterocycles. The molecule has 49 heavy (non-hydrogen) atoms. The first kappa shape index (κ1) is 37.7. The van der Waals surface area contributed by atoms with Crippen molar-refractivity contribution in [1.29, 1.82) is 0 Å². The smallest absolute Gasteiger partial charge is 0.295 e. The van der Waals surface area contributed by atoms with Crippen LogP contribution in [0.5, 0.6) is 0 Å². The van der Waals surface area contributed by atoms with Crippen molar-refractivity contribution < 1.29 is 18.1 Å².